The van der Waals surface area contributed by atoms with Crippen molar-refractivity contribution in [3.05, 3.63) is 47.0 Å². The average molecular weight is 230 g/mol. The summed E-state index contributed by atoms with van der Waals surface area (Å²) in [6.07, 6.45) is 3.94. The number of carbonyl (C=O) groups excluding carboxylic acids is 1. The minimum Gasteiger partial charge on any atom is -0.298 e. The maximum Gasteiger partial charge on any atom is 0.145 e. The molecule has 1 aromatic carbocycles. The fourth-order valence-electron chi connectivity index (χ4n) is 1.96. The second kappa shape index (κ2) is 6.39. The van der Waals surface area contributed by atoms with Gasteiger partial charge in [-0.15, -0.1) is 0 Å². The van der Waals surface area contributed by atoms with Gasteiger partial charge in [-0.3, -0.25) is 4.79 Å². The third-order valence-electron chi connectivity index (χ3n) is 2.94. The highest BCUT2D eigenvalue weighted by Crippen LogP contribution is 2.17. The summed E-state index contributed by atoms with van der Waals surface area (Å²) in [6.45, 7) is 8.40. The van der Waals surface area contributed by atoms with E-state index in [1.165, 1.54) is 11.1 Å². The van der Waals surface area contributed by atoms with Gasteiger partial charge in [0.25, 0.3) is 0 Å². The van der Waals surface area contributed by atoms with E-state index in [1.807, 2.05) is 13.0 Å². The van der Waals surface area contributed by atoms with Gasteiger partial charge in [-0.25, -0.2) is 0 Å². The molecule has 0 aromatic heterocycles. The van der Waals surface area contributed by atoms with Crippen LogP contribution in [-0.4, -0.2) is 6.29 Å². The lowest BCUT2D eigenvalue weighted by atomic mass is 9.96. The van der Waals surface area contributed by atoms with Crippen LogP contribution in [0.15, 0.2) is 35.9 Å². The summed E-state index contributed by atoms with van der Waals surface area (Å²) in [4.78, 5) is 10.5. The molecule has 0 saturated carbocycles. The number of aldehydes is 1. The second-order valence-electron chi connectivity index (χ2n) is 5.11. The van der Waals surface area contributed by atoms with Crippen molar-refractivity contribution >= 4 is 6.29 Å². The van der Waals surface area contributed by atoms with E-state index in [1.54, 1.807) is 0 Å². The molecule has 1 aromatic rings. The Balaban J connectivity index is 2.66. The Kier molecular flexibility index (Phi) is 5.14. The first-order valence-corrected chi connectivity index (χ1v) is 6.25. The summed E-state index contributed by atoms with van der Waals surface area (Å²) in [5, 5.41) is 0. The molecule has 0 radical (unpaired) electrons. The first-order valence-electron chi connectivity index (χ1n) is 6.25. The molecule has 0 amide bonds. The smallest absolute Gasteiger partial charge is 0.145 e. The maximum atomic E-state index is 10.5. The quantitative estimate of drug-likeness (QED) is 0.549. The molecule has 0 aliphatic heterocycles. The second-order valence-corrected chi connectivity index (χ2v) is 5.11. The third-order valence-corrected chi connectivity index (χ3v) is 2.94. The molecule has 0 spiro atoms. The van der Waals surface area contributed by atoms with Crippen molar-refractivity contribution in [2.24, 2.45) is 5.92 Å². The molecule has 1 rings (SSSR count). The lowest BCUT2D eigenvalue weighted by Gasteiger charge is -2.09. The van der Waals surface area contributed by atoms with Crippen molar-refractivity contribution in [1.82, 2.24) is 0 Å². The standard InChI is InChI=1S/C16H22O/c1-12(2)16-7-5-15(6-8-16)10-13(3)9-14(4)11-17/h5-9,11-13H,10H2,1-4H3/b14-9+. The van der Waals surface area contributed by atoms with E-state index in [2.05, 4.69) is 45.0 Å². The van der Waals surface area contributed by atoms with Gasteiger partial charge in [0.2, 0.25) is 0 Å². The molecular weight excluding hydrogens is 208 g/mol. The van der Waals surface area contributed by atoms with Crippen LogP contribution in [0.25, 0.3) is 0 Å². The minimum absolute atomic E-state index is 0.407. The molecule has 0 saturated heterocycles. The highest BCUT2D eigenvalue weighted by atomic mass is 16.1. The van der Waals surface area contributed by atoms with Gasteiger partial charge in [-0.1, -0.05) is 51.1 Å². The van der Waals surface area contributed by atoms with E-state index in [-0.39, 0.29) is 0 Å². The zero-order valence-electron chi connectivity index (χ0n) is 11.2. The molecule has 1 atom stereocenters. The van der Waals surface area contributed by atoms with Gasteiger partial charge in [-0.2, -0.15) is 0 Å². The van der Waals surface area contributed by atoms with E-state index >= 15 is 0 Å². The summed E-state index contributed by atoms with van der Waals surface area (Å²) in [6, 6.07) is 8.78. The Hall–Kier alpha value is -1.37. The molecule has 0 heterocycles. The van der Waals surface area contributed by atoms with Crippen LogP contribution in [0.1, 0.15) is 44.7 Å². The predicted molar refractivity (Wildman–Crippen MR) is 73.2 cm³/mol. The molecule has 92 valence electrons. The monoisotopic (exact) mass is 230 g/mol. The van der Waals surface area contributed by atoms with Crippen molar-refractivity contribution < 1.29 is 4.79 Å². The lowest BCUT2D eigenvalue weighted by molar-refractivity contribution is -0.104. The molecule has 1 heteroatoms. The lowest BCUT2D eigenvalue weighted by Crippen LogP contribution is -1.98. The van der Waals surface area contributed by atoms with Crippen LogP contribution in [0.4, 0.5) is 0 Å². The molecule has 1 nitrogen and oxygen atoms in total. The predicted octanol–water partition coefficient (Wildman–Crippen LogP) is 4.13. The normalized spacial score (nSPS) is 13.8. The van der Waals surface area contributed by atoms with Crippen LogP contribution in [-0.2, 0) is 11.2 Å². The van der Waals surface area contributed by atoms with Gasteiger partial charge in [0.15, 0.2) is 0 Å². The third kappa shape index (κ3) is 4.56. The Morgan fingerprint density at radius 1 is 1.18 bits per heavy atom. The molecule has 0 fully saturated rings. The van der Waals surface area contributed by atoms with Crippen LogP contribution < -0.4 is 0 Å². The molecule has 0 bridgehead atoms. The van der Waals surface area contributed by atoms with Crippen LogP contribution in [0.5, 0.6) is 0 Å². The Morgan fingerprint density at radius 3 is 2.24 bits per heavy atom. The summed E-state index contributed by atoms with van der Waals surface area (Å²) in [5.74, 6) is 0.990. The van der Waals surface area contributed by atoms with Crippen LogP contribution in [0, 0.1) is 5.92 Å². The highest BCUT2D eigenvalue weighted by molar-refractivity contribution is 5.72. The molecule has 0 N–H and O–H groups in total. The molecule has 17 heavy (non-hydrogen) atoms. The summed E-state index contributed by atoms with van der Waals surface area (Å²) in [7, 11) is 0. The highest BCUT2D eigenvalue weighted by Gasteiger charge is 2.03. The van der Waals surface area contributed by atoms with Crippen molar-refractivity contribution in [3.8, 4) is 0 Å². The van der Waals surface area contributed by atoms with E-state index in [4.69, 9.17) is 0 Å². The Bertz CT molecular complexity index is 384. The molecular formula is C16H22O. The van der Waals surface area contributed by atoms with E-state index in [0.29, 0.717) is 11.8 Å². The fourth-order valence-corrected chi connectivity index (χ4v) is 1.96. The topological polar surface area (TPSA) is 17.1 Å². The van der Waals surface area contributed by atoms with Crippen LogP contribution >= 0.6 is 0 Å². The summed E-state index contributed by atoms with van der Waals surface area (Å²) >= 11 is 0. The first-order chi connectivity index (χ1) is 8.02. The van der Waals surface area contributed by atoms with Gasteiger partial charge in [0.1, 0.15) is 6.29 Å². The van der Waals surface area contributed by atoms with Gasteiger partial charge in [0.05, 0.1) is 0 Å². The largest absolute Gasteiger partial charge is 0.298 e. The molecule has 0 aliphatic rings. The number of rotatable bonds is 5. The van der Waals surface area contributed by atoms with E-state index in [9.17, 15) is 4.79 Å². The SMILES string of the molecule is C/C(C=O)=C\C(C)Cc1ccc(C(C)C)cc1. The van der Waals surface area contributed by atoms with Crippen molar-refractivity contribution in [2.75, 3.05) is 0 Å². The molecule has 0 aliphatic carbocycles. The van der Waals surface area contributed by atoms with Crippen molar-refractivity contribution in [2.45, 2.75) is 40.0 Å². The molecule has 1 unspecified atom stereocenters. The minimum atomic E-state index is 0.407. The number of allylic oxidation sites excluding steroid dienone is 2. The van der Waals surface area contributed by atoms with Crippen molar-refractivity contribution in [3.63, 3.8) is 0 Å². The maximum absolute atomic E-state index is 10.5. The van der Waals surface area contributed by atoms with E-state index in [0.717, 1.165) is 18.3 Å². The Labute approximate surface area is 105 Å². The van der Waals surface area contributed by atoms with E-state index < -0.39 is 0 Å². The number of carbonyl (C=O) groups is 1. The number of hydrogen-bond donors (Lipinski definition) is 0. The van der Waals surface area contributed by atoms with Gasteiger partial charge in [-0.05, 0) is 41.9 Å². The fraction of sp³-hybridized carbons (Fsp3) is 0.438. The number of benzene rings is 1. The summed E-state index contributed by atoms with van der Waals surface area (Å²) < 4.78 is 0. The Morgan fingerprint density at radius 2 is 1.76 bits per heavy atom. The van der Waals surface area contributed by atoms with Crippen LogP contribution in [0.3, 0.4) is 0 Å². The summed E-state index contributed by atoms with van der Waals surface area (Å²) in [5.41, 5.74) is 3.52. The van der Waals surface area contributed by atoms with Crippen LogP contribution in [0.2, 0.25) is 0 Å². The zero-order chi connectivity index (χ0) is 12.8. The average Bonchev–Trinajstić information content (AvgIpc) is 2.29. The van der Waals surface area contributed by atoms with Gasteiger partial charge >= 0.3 is 0 Å². The van der Waals surface area contributed by atoms with Gasteiger partial charge < -0.3 is 0 Å². The van der Waals surface area contributed by atoms with Gasteiger partial charge in [0, 0.05) is 0 Å². The number of hydrogen-bond acceptors (Lipinski definition) is 1. The zero-order valence-corrected chi connectivity index (χ0v) is 11.2. The first kappa shape index (κ1) is 13.7. The van der Waals surface area contributed by atoms with Crippen molar-refractivity contribution in [1.29, 1.82) is 0 Å².